The molecule has 4 nitrogen and oxygen atoms in total. The molecule has 4 rings (SSSR count). The van der Waals surface area contributed by atoms with Crippen LogP contribution >= 0.6 is 0 Å². The highest BCUT2D eigenvalue weighted by Crippen LogP contribution is 2.36. The van der Waals surface area contributed by atoms with Gasteiger partial charge >= 0.3 is 0 Å². The van der Waals surface area contributed by atoms with E-state index in [0.717, 1.165) is 22.4 Å². The Labute approximate surface area is 164 Å². The molecule has 1 aromatic heterocycles. The zero-order valence-electron chi connectivity index (χ0n) is 16.2. The van der Waals surface area contributed by atoms with Gasteiger partial charge in [0, 0.05) is 18.4 Å². The summed E-state index contributed by atoms with van der Waals surface area (Å²) in [6.07, 6.45) is 1.32. The van der Waals surface area contributed by atoms with E-state index in [4.69, 9.17) is 0 Å². The maximum absolute atomic E-state index is 13.3. The second-order valence-corrected chi connectivity index (χ2v) is 7.32. The number of nitrogens with zero attached hydrogens (tertiary/aromatic N) is 2. The number of aromatic nitrogens is 1. The van der Waals surface area contributed by atoms with Crippen LogP contribution in [0.3, 0.4) is 0 Å². The van der Waals surface area contributed by atoms with Gasteiger partial charge in [-0.2, -0.15) is 0 Å². The van der Waals surface area contributed by atoms with E-state index < -0.39 is 0 Å². The fourth-order valence-corrected chi connectivity index (χ4v) is 3.88. The largest absolute Gasteiger partial charge is 0.360 e. The van der Waals surface area contributed by atoms with Crippen LogP contribution in [0.2, 0.25) is 0 Å². The van der Waals surface area contributed by atoms with E-state index in [9.17, 15) is 9.18 Å². The molecule has 1 atom stereocenters. The van der Waals surface area contributed by atoms with E-state index in [1.54, 1.807) is 35.4 Å². The standard InChI is InChI=1S/C23H22FN3O/c1-14-11-15(2)20(16(3)12-14)26-22-21-19(5-4-10-25-21)23(28)27(22)13-17-6-8-18(24)9-7-17/h4-12,22,26H,13H2,1-3H3/t22-/m0/s1. The van der Waals surface area contributed by atoms with Crippen LogP contribution in [0.1, 0.15) is 44.5 Å². The SMILES string of the molecule is Cc1cc(C)c(N[C@@H]2c3ncccc3C(=O)N2Cc2ccc(F)cc2)c(C)c1. The molecule has 0 saturated carbocycles. The summed E-state index contributed by atoms with van der Waals surface area (Å²) in [5.41, 5.74) is 6.63. The highest BCUT2D eigenvalue weighted by molar-refractivity contribution is 5.99. The van der Waals surface area contributed by atoms with E-state index in [-0.39, 0.29) is 17.9 Å². The Hall–Kier alpha value is -3.21. The van der Waals surface area contributed by atoms with Crippen molar-refractivity contribution in [2.45, 2.75) is 33.5 Å². The smallest absolute Gasteiger partial charge is 0.258 e. The van der Waals surface area contributed by atoms with Crippen LogP contribution in [0.25, 0.3) is 0 Å². The van der Waals surface area contributed by atoms with Crippen LogP contribution in [0.4, 0.5) is 10.1 Å². The fraction of sp³-hybridized carbons (Fsp3) is 0.217. The third-order valence-electron chi connectivity index (χ3n) is 5.12. The van der Waals surface area contributed by atoms with Crippen molar-refractivity contribution in [2.24, 2.45) is 0 Å². The van der Waals surface area contributed by atoms with Crippen molar-refractivity contribution in [3.8, 4) is 0 Å². The van der Waals surface area contributed by atoms with Crippen LogP contribution in [-0.4, -0.2) is 15.8 Å². The van der Waals surface area contributed by atoms with Crippen molar-refractivity contribution >= 4 is 11.6 Å². The number of carbonyl (C=O) groups excluding carboxylic acids is 1. The molecule has 0 fully saturated rings. The van der Waals surface area contributed by atoms with Gasteiger partial charge in [-0.3, -0.25) is 9.78 Å². The summed E-state index contributed by atoms with van der Waals surface area (Å²) in [4.78, 5) is 19.3. The number of halogens is 1. The minimum atomic E-state index is -0.381. The lowest BCUT2D eigenvalue weighted by atomic mass is 10.0. The first-order valence-electron chi connectivity index (χ1n) is 9.29. The van der Waals surface area contributed by atoms with E-state index in [2.05, 4.69) is 43.2 Å². The second kappa shape index (κ2) is 7.08. The van der Waals surface area contributed by atoms with Gasteiger partial charge in [-0.15, -0.1) is 0 Å². The maximum Gasteiger partial charge on any atom is 0.258 e. The molecule has 0 spiro atoms. The highest BCUT2D eigenvalue weighted by atomic mass is 19.1. The number of benzene rings is 2. The number of anilines is 1. The zero-order chi connectivity index (χ0) is 19.8. The number of nitrogens with one attached hydrogen (secondary N) is 1. The number of pyridine rings is 1. The van der Waals surface area contributed by atoms with Gasteiger partial charge in [-0.1, -0.05) is 29.8 Å². The number of aryl methyl sites for hydroxylation is 3. The van der Waals surface area contributed by atoms with Crippen molar-refractivity contribution in [3.05, 3.63) is 94.1 Å². The Morgan fingerprint density at radius 2 is 1.75 bits per heavy atom. The number of hydrogen-bond acceptors (Lipinski definition) is 3. The summed E-state index contributed by atoms with van der Waals surface area (Å²) in [5, 5.41) is 3.54. The van der Waals surface area contributed by atoms with Gasteiger partial charge in [-0.25, -0.2) is 4.39 Å². The minimum Gasteiger partial charge on any atom is -0.360 e. The predicted octanol–water partition coefficient (Wildman–Crippen LogP) is 4.91. The lowest BCUT2D eigenvalue weighted by Gasteiger charge is -2.28. The topological polar surface area (TPSA) is 45.2 Å². The van der Waals surface area contributed by atoms with Gasteiger partial charge in [0.05, 0.1) is 11.3 Å². The maximum atomic E-state index is 13.3. The monoisotopic (exact) mass is 375 g/mol. The first kappa shape index (κ1) is 18.2. The van der Waals surface area contributed by atoms with Gasteiger partial charge in [0.1, 0.15) is 12.0 Å². The minimum absolute atomic E-state index is 0.0765. The molecule has 0 radical (unpaired) electrons. The molecule has 0 bridgehead atoms. The molecular weight excluding hydrogens is 353 g/mol. The first-order valence-corrected chi connectivity index (χ1v) is 9.29. The Balaban J connectivity index is 1.73. The predicted molar refractivity (Wildman–Crippen MR) is 108 cm³/mol. The van der Waals surface area contributed by atoms with Crippen LogP contribution in [-0.2, 0) is 6.54 Å². The molecule has 5 heteroatoms. The quantitative estimate of drug-likeness (QED) is 0.704. The number of amides is 1. The van der Waals surface area contributed by atoms with Crippen molar-refractivity contribution in [3.63, 3.8) is 0 Å². The molecule has 3 aromatic rings. The summed E-state index contributed by atoms with van der Waals surface area (Å²) in [5.74, 6) is -0.366. The van der Waals surface area contributed by atoms with Gasteiger partial charge in [0.15, 0.2) is 0 Å². The Morgan fingerprint density at radius 3 is 2.43 bits per heavy atom. The van der Waals surface area contributed by atoms with Crippen LogP contribution in [0, 0.1) is 26.6 Å². The summed E-state index contributed by atoms with van der Waals surface area (Å²) < 4.78 is 13.3. The molecule has 0 unspecified atom stereocenters. The van der Waals surface area contributed by atoms with E-state index in [1.165, 1.54) is 17.7 Å². The van der Waals surface area contributed by atoms with Crippen molar-refractivity contribution in [2.75, 3.05) is 5.32 Å². The Kier molecular flexibility index (Phi) is 4.59. The third kappa shape index (κ3) is 3.24. The highest BCUT2D eigenvalue weighted by Gasteiger charge is 2.38. The number of carbonyl (C=O) groups is 1. The fourth-order valence-electron chi connectivity index (χ4n) is 3.88. The number of fused-ring (bicyclic) bond motifs is 1. The number of hydrogen-bond donors (Lipinski definition) is 1. The Morgan fingerprint density at radius 1 is 1.07 bits per heavy atom. The van der Waals surface area contributed by atoms with Crippen molar-refractivity contribution in [1.29, 1.82) is 0 Å². The lowest BCUT2D eigenvalue weighted by Crippen LogP contribution is -2.32. The normalized spacial score (nSPS) is 15.6. The van der Waals surface area contributed by atoms with Gasteiger partial charge in [-0.05, 0) is 61.7 Å². The molecule has 1 aliphatic rings. The number of rotatable bonds is 4. The summed E-state index contributed by atoms with van der Waals surface area (Å²) in [6.45, 7) is 6.56. The summed E-state index contributed by atoms with van der Waals surface area (Å²) in [6, 6.07) is 14.1. The molecule has 2 heterocycles. The molecule has 1 amide bonds. The summed E-state index contributed by atoms with van der Waals surface area (Å²) in [7, 11) is 0. The van der Waals surface area contributed by atoms with Gasteiger partial charge < -0.3 is 10.2 Å². The van der Waals surface area contributed by atoms with E-state index in [0.29, 0.717) is 17.8 Å². The Bertz CT molecular complexity index is 1020. The molecule has 2 aromatic carbocycles. The average Bonchev–Trinajstić information content (AvgIpc) is 2.92. The van der Waals surface area contributed by atoms with E-state index >= 15 is 0 Å². The molecule has 28 heavy (non-hydrogen) atoms. The van der Waals surface area contributed by atoms with Crippen LogP contribution < -0.4 is 5.32 Å². The third-order valence-corrected chi connectivity index (χ3v) is 5.12. The molecular formula is C23H22FN3O. The van der Waals surface area contributed by atoms with Gasteiger partial charge in [0.25, 0.3) is 5.91 Å². The molecule has 142 valence electrons. The van der Waals surface area contributed by atoms with Crippen molar-refractivity contribution in [1.82, 2.24) is 9.88 Å². The molecule has 0 aliphatic carbocycles. The molecule has 0 saturated heterocycles. The van der Waals surface area contributed by atoms with Crippen LogP contribution in [0.15, 0.2) is 54.7 Å². The zero-order valence-corrected chi connectivity index (χ0v) is 16.2. The summed E-state index contributed by atoms with van der Waals surface area (Å²) >= 11 is 0. The lowest BCUT2D eigenvalue weighted by molar-refractivity contribution is 0.0727. The second-order valence-electron chi connectivity index (χ2n) is 7.32. The van der Waals surface area contributed by atoms with Gasteiger partial charge in [0.2, 0.25) is 0 Å². The molecule has 1 N–H and O–H groups in total. The van der Waals surface area contributed by atoms with Crippen molar-refractivity contribution < 1.29 is 9.18 Å². The van der Waals surface area contributed by atoms with E-state index in [1.807, 2.05) is 0 Å². The van der Waals surface area contributed by atoms with Crippen LogP contribution in [0.5, 0.6) is 0 Å². The first-order chi connectivity index (χ1) is 13.4. The average molecular weight is 375 g/mol. The molecule has 1 aliphatic heterocycles.